The molecule has 0 aromatic heterocycles. The van der Waals surface area contributed by atoms with E-state index in [9.17, 15) is 9.59 Å². The van der Waals surface area contributed by atoms with Gasteiger partial charge < -0.3 is 21.7 Å². The van der Waals surface area contributed by atoms with Crippen LogP contribution in [0.2, 0.25) is 0 Å². The van der Waals surface area contributed by atoms with E-state index < -0.39 is 6.17 Å². The van der Waals surface area contributed by atoms with Gasteiger partial charge in [0, 0.05) is 24.8 Å². The van der Waals surface area contributed by atoms with Crippen LogP contribution in [0.3, 0.4) is 0 Å². The molecule has 23 heavy (non-hydrogen) atoms. The fourth-order valence-corrected chi connectivity index (χ4v) is 2.00. The highest BCUT2D eigenvalue weighted by molar-refractivity contribution is 5.88. The highest BCUT2D eigenvalue weighted by Gasteiger charge is 2.18. The molecule has 6 heteroatoms. The summed E-state index contributed by atoms with van der Waals surface area (Å²) in [5, 5.41) is 8.35. The zero-order chi connectivity index (χ0) is 16.7. The van der Waals surface area contributed by atoms with Crippen molar-refractivity contribution < 1.29 is 9.59 Å². The summed E-state index contributed by atoms with van der Waals surface area (Å²) in [5.74, 6) is -0.617. The van der Waals surface area contributed by atoms with Crippen LogP contribution in [0.5, 0.6) is 0 Å². The minimum Gasteiger partial charge on any atom is -0.399 e. The zero-order valence-corrected chi connectivity index (χ0v) is 12.9. The molecule has 0 saturated carbocycles. The molecule has 0 bridgehead atoms. The monoisotopic (exact) mass is 312 g/mol. The number of anilines is 2. The Balaban J connectivity index is 2.00. The SMILES string of the molecule is CC(=O)N[C@H](Nc1ccc(N)cc1)C(=O)NCc1ccccc1. The Bertz CT molecular complexity index is 656. The number of amides is 2. The summed E-state index contributed by atoms with van der Waals surface area (Å²) in [6.07, 6.45) is -0.861. The van der Waals surface area contributed by atoms with E-state index in [0.717, 1.165) is 5.56 Å². The third-order valence-corrected chi connectivity index (χ3v) is 3.14. The number of hydrogen-bond donors (Lipinski definition) is 4. The summed E-state index contributed by atoms with van der Waals surface area (Å²) in [6.45, 7) is 1.75. The Kier molecular flexibility index (Phi) is 5.57. The molecule has 2 aromatic rings. The van der Waals surface area contributed by atoms with Crippen molar-refractivity contribution in [3.8, 4) is 0 Å². The average molecular weight is 312 g/mol. The highest BCUT2D eigenvalue weighted by atomic mass is 16.2. The number of carbonyl (C=O) groups is 2. The van der Waals surface area contributed by atoms with Crippen LogP contribution in [0, 0.1) is 0 Å². The van der Waals surface area contributed by atoms with Gasteiger partial charge in [-0.05, 0) is 29.8 Å². The van der Waals surface area contributed by atoms with E-state index in [0.29, 0.717) is 17.9 Å². The molecule has 0 fully saturated rings. The molecule has 2 rings (SSSR count). The lowest BCUT2D eigenvalue weighted by molar-refractivity contribution is -0.127. The van der Waals surface area contributed by atoms with Gasteiger partial charge in [0.1, 0.15) is 0 Å². The number of carbonyl (C=O) groups excluding carboxylic acids is 2. The predicted octanol–water partition coefficient (Wildman–Crippen LogP) is 1.46. The van der Waals surface area contributed by atoms with Crippen molar-refractivity contribution in [2.24, 2.45) is 0 Å². The lowest BCUT2D eigenvalue weighted by Crippen LogP contribution is -2.50. The van der Waals surface area contributed by atoms with Gasteiger partial charge in [0.25, 0.3) is 5.91 Å². The lowest BCUT2D eigenvalue weighted by Gasteiger charge is -2.20. The van der Waals surface area contributed by atoms with Crippen LogP contribution < -0.4 is 21.7 Å². The normalized spacial score (nSPS) is 11.3. The Hall–Kier alpha value is -3.02. The molecule has 0 radical (unpaired) electrons. The molecule has 0 heterocycles. The topological polar surface area (TPSA) is 96.2 Å². The molecular formula is C17H20N4O2. The van der Waals surface area contributed by atoms with Gasteiger partial charge in [-0.15, -0.1) is 0 Å². The summed E-state index contributed by atoms with van der Waals surface area (Å²) in [4.78, 5) is 23.6. The van der Waals surface area contributed by atoms with Crippen LogP contribution in [-0.4, -0.2) is 18.0 Å². The van der Waals surface area contributed by atoms with E-state index in [2.05, 4.69) is 16.0 Å². The van der Waals surface area contributed by atoms with Crippen LogP contribution in [0.1, 0.15) is 12.5 Å². The first kappa shape index (κ1) is 16.4. The van der Waals surface area contributed by atoms with Gasteiger partial charge in [0.2, 0.25) is 5.91 Å². The van der Waals surface area contributed by atoms with Crippen LogP contribution >= 0.6 is 0 Å². The molecule has 0 saturated heterocycles. The number of nitrogen functional groups attached to an aromatic ring is 1. The summed E-state index contributed by atoms with van der Waals surface area (Å²) in [7, 11) is 0. The smallest absolute Gasteiger partial charge is 0.263 e. The van der Waals surface area contributed by atoms with Gasteiger partial charge in [-0.25, -0.2) is 0 Å². The molecule has 2 aromatic carbocycles. The maximum absolute atomic E-state index is 12.3. The molecule has 5 N–H and O–H groups in total. The van der Waals surface area contributed by atoms with Crippen LogP contribution in [0.15, 0.2) is 54.6 Å². The molecule has 0 unspecified atom stereocenters. The standard InChI is InChI=1S/C17H20N4O2/c1-12(22)20-16(21-15-9-7-14(18)8-10-15)17(23)19-11-13-5-3-2-4-6-13/h2-10,16,21H,11,18H2,1H3,(H,19,23)(H,20,22)/t16-/m1/s1. The van der Waals surface area contributed by atoms with Crippen molar-refractivity contribution in [2.45, 2.75) is 19.6 Å². The third-order valence-electron chi connectivity index (χ3n) is 3.14. The Morgan fingerprint density at radius 2 is 1.70 bits per heavy atom. The minimum atomic E-state index is -0.861. The van der Waals surface area contributed by atoms with Crippen LogP contribution in [0.4, 0.5) is 11.4 Å². The fourth-order valence-electron chi connectivity index (χ4n) is 2.00. The molecule has 6 nitrogen and oxygen atoms in total. The summed E-state index contributed by atoms with van der Waals surface area (Å²) < 4.78 is 0. The van der Waals surface area contributed by atoms with Crippen molar-refractivity contribution in [2.75, 3.05) is 11.1 Å². The predicted molar refractivity (Wildman–Crippen MR) is 90.4 cm³/mol. The highest BCUT2D eigenvalue weighted by Crippen LogP contribution is 2.11. The van der Waals surface area contributed by atoms with E-state index in [4.69, 9.17) is 5.73 Å². The summed E-state index contributed by atoms with van der Waals surface area (Å²) in [5.41, 5.74) is 7.93. The molecule has 0 aliphatic heterocycles. The van der Waals surface area contributed by atoms with Gasteiger partial charge in [-0.1, -0.05) is 30.3 Å². The van der Waals surface area contributed by atoms with Crippen molar-refractivity contribution in [1.82, 2.24) is 10.6 Å². The van der Waals surface area contributed by atoms with Gasteiger partial charge in [0.15, 0.2) is 6.17 Å². The van der Waals surface area contributed by atoms with E-state index in [1.165, 1.54) is 6.92 Å². The fraction of sp³-hybridized carbons (Fsp3) is 0.176. The Morgan fingerprint density at radius 3 is 2.30 bits per heavy atom. The first-order valence-electron chi connectivity index (χ1n) is 7.25. The van der Waals surface area contributed by atoms with E-state index in [1.54, 1.807) is 24.3 Å². The molecular weight excluding hydrogens is 292 g/mol. The second-order valence-electron chi connectivity index (χ2n) is 5.10. The number of benzene rings is 2. The molecule has 0 spiro atoms. The summed E-state index contributed by atoms with van der Waals surface area (Å²) >= 11 is 0. The summed E-state index contributed by atoms with van der Waals surface area (Å²) in [6, 6.07) is 16.5. The van der Waals surface area contributed by atoms with Gasteiger partial charge in [-0.2, -0.15) is 0 Å². The van der Waals surface area contributed by atoms with Crippen LogP contribution in [0.25, 0.3) is 0 Å². The molecule has 0 aliphatic carbocycles. The first-order valence-corrected chi connectivity index (χ1v) is 7.25. The van der Waals surface area contributed by atoms with Gasteiger partial charge in [-0.3, -0.25) is 9.59 Å². The average Bonchev–Trinajstić information content (AvgIpc) is 2.54. The maximum atomic E-state index is 12.3. The number of nitrogens with two attached hydrogens (primary N) is 1. The van der Waals surface area contributed by atoms with Crippen molar-refractivity contribution in [3.05, 3.63) is 60.2 Å². The van der Waals surface area contributed by atoms with E-state index in [-0.39, 0.29) is 11.8 Å². The third kappa shape index (κ3) is 5.35. The van der Waals surface area contributed by atoms with Gasteiger partial charge >= 0.3 is 0 Å². The first-order chi connectivity index (χ1) is 11.0. The Morgan fingerprint density at radius 1 is 1.04 bits per heavy atom. The van der Waals surface area contributed by atoms with Crippen molar-refractivity contribution >= 4 is 23.2 Å². The number of hydrogen-bond acceptors (Lipinski definition) is 4. The van der Waals surface area contributed by atoms with Crippen molar-refractivity contribution in [3.63, 3.8) is 0 Å². The zero-order valence-electron chi connectivity index (χ0n) is 12.9. The second kappa shape index (κ2) is 7.84. The molecule has 2 amide bonds. The molecule has 0 aliphatic rings. The van der Waals surface area contributed by atoms with E-state index in [1.807, 2.05) is 30.3 Å². The largest absolute Gasteiger partial charge is 0.399 e. The molecule has 1 atom stereocenters. The quantitative estimate of drug-likeness (QED) is 0.479. The van der Waals surface area contributed by atoms with Crippen LogP contribution in [-0.2, 0) is 16.1 Å². The minimum absolute atomic E-state index is 0.298. The lowest BCUT2D eigenvalue weighted by atomic mass is 10.2. The van der Waals surface area contributed by atoms with Crippen molar-refractivity contribution in [1.29, 1.82) is 0 Å². The number of rotatable bonds is 6. The molecule has 120 valence electrons. The van der Waals surface area contributed by atoms with E-state index >= 15 is 0 Å². The second-order valence-corrected chi connectivity index (χ2v) is 5.10. The number of nitrogens with one attached hydrogen (secondary N) is 3. The van der Waals surface area contributed by atoms with Gasteiger partial charge in [0.05, 0.1) is 0 Å². The maximum Gasteiger partial charge on any atom is 0.263 e. The Labute approximate surface area is 135 Å².